The van der Waals surface area contributed by atoms with Crippen LogP contribution in [0.15, 0.2) is 41.8 Å². The van der Waals surface area contributed by atoms with E-state index in [2.05, 4.69) is 10.1 Å². The maximum atomic E-state index is 5.09. The number of nitrogens with zero attached hydrogens (tertiary/aromatic N) is 3. The first-order valence-corrected chi connectivity index (χ1v) is 3.58. The third-order valence-corrected chi connectivity index (χ3v) is 1.61. The second-order valence-corrected chi connectivity index (χ2v) is 2.38. The van der Waals surface area contributed by atoms with Gasteiger partial charge in [0.25, 0.3) is 0 Å². The van der Waals surface area contributed by atoms with Gasteiger partial charge < -0.3 is 10.2 Å². The number of pyridine rings is 1. The summed E-state index contributed by atoms with van der Waals surface area (Å²) in [6, 6.07) is 7.51. The largest absolute Gasteiger partial charge is 0.321 e. The fraction of sp³-hybridized carbons (Fsp3) is 0. The van der Waals surface area contributed by atoms with Crippen molar-refractivity contribution < 1.29 is 0 Å². The fourth-order valence-electron chi connectivity index (χ4n) is 1.04. The smallest absolute Gasteiger partial charge is 0.174 e. The molecule has 12 heavy (non-hydrogen) atoms. The van der Waals surface area contributed by atoms with Gasteiger partial charge in [0.15, 0.2) is 5.49 Å². The summed E-state index contributed by atoms with van der Waals surface area (Å²) in [4.78, 5) is 4.16. The highest BCUT2D eigenvalue weighted by Gasteiger charge is 1.88. The topological polar surface area (TPSA) is 55.7 Å². The molecule has 0 unspecified atom stereocenters. The van der Waals surface area contributed by atoms with Gasteiger partial charge in [-0.25, -0.2) is 4.98 Å². The monoisotopic (exact) mass is 160 g/mol. The average molecular weight is 160 g/mol. The highest BCUT2D eigenvalue weighted by Crippen LogP contribution is 1.93. The van der Waals surface area contributed by atoms with Gasteiger partial charge in [-0.1, -0.05) is 6.07 Å². The Morgan fingerprint density at radius 1 is 1.25 bits per heavy atom. The van der Waals surface area contributed by atoms with Crippen LogP contribution >= 0.6 is 0 Å². The summed E-state index contributed by atoms with van der Waals surface area (Å²) in [7, 11) is 0. The number of rotatable bonds is 0. The summed E-state index contributed by atoms with van der Waals surface area (Å²) in [5.74, 6) is 5.09. The minimum atomic E-state index is 0.543. The van der Waals surface area contributed by atoms with Crippen LogP contribution in [0, 0.1) is 0 Å². The Kier molecular flexibility index (Phi) is 1.51. The van der Waals surface area contributed by atoms with Crippen molar-refractivity contribution in [1.82, 2.24) is 9.38 Å². The molecule has 0 bridgehead atoms. The lowest BCUT2D eigenvalue weighted by Crippen LogP contribution is -2.11. The van der Waals surface area contributed by atoms with E-state index in [1.165, 1.54) is 0 Å². The van der Waals surface area contributed by atoms with Crippen LogP contribution in [0.1, 0.15) is 0 Å². The molecule has 0 saturated heterocycles. The number of hydrogen-bond acceptors (Lipinski definition) is 3. The van der Waals surface area contributed by atoms with E-state index >= 15 is 0 Å². The van der Waals surface area contributed by atoms with Crippen LogP contribution in [0.3, 0.4) is 0 Å². The minimum Gasteiger partial charge on any atom is -0.321 e. The summed E-state index contributed by atoms with van der Waals surface area (Å²) >= 11 is 0. The molecule has 0 radical (unpaired) electrons. The summed E-state index contributed by atoms with van der Waals surface area (Å²) in [5.41, 5.74) is 1.38. The number of aromatic nitrogens is 2. The number of nitrogens with two attached hydrogens (primary N) is 1. The van der Waals surface area contributed by atoms with Gasteiger partial charge in [-0.2, -0.15) is 5.10 Å². The molecule has 2 aromatic heterocycles. The molecule has 0 saturated carbocycles. The zero-order valence-corrected chi connectivity index (χ0v) is 6.38. The maximum absolute atomic E-state index is 5.09. The van der Waals surface area contributed by atoms with Gasteiger partial charge in [-0.3, -0.25) is 0 Å². The molecule has 2 rings (SSSR count). The Bertz CT molecular complexity index is 458. The van der Waals surface area contributed by atoms with E-state index in [4.69, 9.17) is 5.84 Å². The molecule has 0 aliphatic heterocycles. The predicted octanol–water partition coefficient (Wildman–Crippen LogP) is 0.109. The molecule has 0 aliphatic carbocycles. The van der Waals surface area contributed by atoms with Crippen LogP contribution in [-0.4, -0.2) is 9.38 Å². The first kappa shape index (κ1) is 6.84. The Balaban J connectivity index is 2.85. The highest BCUT2D eigenvalue weighted by molar-refractivity contribution is 5.35. The van der Waals surface area contributed by atoms with Crippen molar-refractivity contribution in [1.29, 1.82) is 0 Å². The van der Waals surface area contributed by atoms with Gasteiger partial charge in [-0.15, -0.1) is 0 Å². The molecule has 0 spiro atoms. The lowest BCUT2D eigenvalue weighted by Gasteiger charge is -1.96. The van der Waals surface area contributed by atoms with Crippen LogP contribution in [0.4, 0.5) is 0 Å². The van der Waals surface area contributed by atoms with Crippen LogP contribution < -0.4 is 11.3 Å². The first-order valence-electron chi connectivity index (χ1n) is 3.58. The molecule has 2 heterocycles. The van der Waals surface area contributed by atoms with E-state index in [1.807, 2.05) is 35.0 Å². The van der Waals surface area contributed by atoms with Gasteiger partial charge in [0.2, 0.25) is 0 Å². The Morgan fingerprint density at radius 2 is 2.17 bits per heavy atom. The molecule has 0 amide bonds. The standard InChI is InChI=1S/C8H8N4/c9-11-7-4-6-12-5-2-1-3-8(12)10-7/h1-6H,9H2/b11-7+. The summed E-state index contributed by atoms with van der Waals surface area (Å²) in [6.07, 6.45) is 3.79. The van der Waals surface area contributed by atoms with Crippen molar-refractivity contribution in [3.8, 4) is 0 Å². The third kappa shape index (κ3) is 1.03. The molecule has 0 fully saturated rings. The maximum Gasteiger partial charge on any atom is 0.174 e. The second-order valence-electron chi connectivity index (χ2n) is 2.38. The van der Waals surface area contributed by atoms with E-state index in [9.17, 15) is 0 Å². The van der Waals surface area contributed by atoms with Gasteiger partial charge in [-0.05, 0) is 12.1 Å². The third-order valence-electron chi connectivity index (χ3n) is 1.61. The van der Waals surface area contributed by atoms with Crippen molar-refractivity contribution in [3.05, 3.63) is 42.1 Å². The second kappa shape index (κ2) is 2.65. The van der Waals surface area contributed by atoms with Crippen LogP contribution in [0.2, 0.25) is 0 Å². The molecule has 4 nitrogen and oxygen atoms in total. The zero-order chi connectivity index (χ0) is 8.39. The van der Waals surface area contributed by atoms with Crippen LogP contribution in [0.25, 0.3) is 5.65 Å². The lowest BCUT2D eigenvalue weighted by molar-refractivity contribution is 1.00. The Hall–Kier alpha value is -1.84. The first-order chi connectivity index (χ1) is 5.90. The van der Waals surface area contributed by atoms with E-state index in [1.54, 1.807) is 6.07 Å². The van der Waals surface area contributed by atoms with Crippen molar-refractivity contribution in [2.24, 2.45) is 10.9 Å². The van der Waals surface area contributed by atoms with Crippen molar-refractivity contribution in [3.63, 3.8) is 0 Å². The zero-order valence-electron chi connectivity index (χ0n) is 6.38. The van der Waals surface area contributed by atoms with Crippen LogP contribution in [-0.2, 0) is 0 Å². The number of hydrogen-bond donors (Lipinski definition) is 1. The molecular weight excluding hydrogens is 152 g/mol. The SMILES string of the molecule is N/N=c1\ccn2ccccc2n1. The van der Waals surface area contributed by atoms with Gasteiger partial charge in [0, 0.05) is 18.5 Å². The highest BCUT2D eigenvalue weighted by atomic mass is 15.1. The average Bonchev–Trinajstić information content (AvgIpc) is 2.17. The van der Waals surface area contributed by atoms with Crippen molar-refractivity contribution >= 4 is 5.65 Å². The predicted molar refractivity (Wildman–Crippen MR) is 44.9 cm³/mol. The van der Waals surface area contributed by atoms with Crippen LogP contribution in [0.5, 0.6) is 0 Å². The quantitative estimate of drug-likeness (QED) is 0.439. The molecule has 4 heteroatoms. The molecular formula is C8H8N4. The van der Waals surface area contributed by atoms with Gasteiger partial charge >= 0.3 is 0 Å². The van der Waals surface area contributed by atoms with Gasteiger partial charge in [0.1, 0.15) is 5.65 Å². The summed E-state index contributed by atoms with van der Waals surface area (Å²) < 4.78 is 1.90. The molecule has 0 aliphatic rings. The Labute approximate surface area is 69.0 Å². The molecule has 0 atom stereocenters. The van der Waals surface area contributed by atoms with E-state index < -0.39 is 0 Å². The minimum absolute atomic E-state index is 0.543. The molecule has 2 aromatic rings. The number of fused-ring (bicyclic) bond motifs is 1. The normalized spacial score (nSPS) is 12.2. The van der Waals surface area contributed by atoms with E-state index in [0.29, 0.717) is 5.49 Å². The molecule has 60 valence electrons. The molecule has 0 aromatic carbocycles. The summed E-state index contributed by atoms with van der Waals surface area (Å²) in [6.45, 7) is 0. The van der Waals surface area contributed by atoms with Crippen molar-refractivity contribution in [2.45, 2.75) is 0 Å². The summed E-state index contributed by atoms with van der Waals surface area (Å²) in [5, 5.41) is 3.50. The van der Waals surface area contributed by atoms with E-state index in [0.717, 1.165) is 5.65 Å². The van der Waals surface area contributed by atoms with Crippen molar-refractivity contribution in [2.75, 3.05) is 0 Å². The lowest BCUT2D eigenvalue weighted by atomic mass is 10.4. The molecule has 2 N–H and O–H groups in total. The fourth-order valence-corrected chi connectivity index (χ4v) is 1.04. The Morgan fingerprint density at radius 3 is 3.00 bits per heavy atom. The van der Waals surface area contributed by atoms with Gasteiger partial charge in [0.05, 0.1) is 0 Å². The van der Waals surface area contributed by atoms with E-state index in [-0.39, 0.29) is 0 Å².